The van der Waals surface area contributed by atoms with Crippen molar-refractivity contribution in [3.8, 4) is 0 Å². The second kappa shape index (κ2) is 7.61. The second-order valence-electron chi connectivity index (χ2n) is 6.14. The maximum absolute atomic E-state index is 2.29. The van der Waals surface area contributed by atoms with E-state index in [0.717, 1.165) is 0 Å². The van der Waals surface area contributed by atoms with Gasteiger partial charge in [-0.05, 0) is 57.3 Å². The standard InChI is InChI=1S/C24H20S2/c1-25-23-15-11-17-7-3-5-9-19(17)21(23)13-14-22-20-10-6-4-8-18(20)12-16-24(22)26-2/h3-16H,1-2H3/b14-13+. The van der Waals surface area contributed by atoms with Crippen molar-refractivity contribution in [1.29, 1.82) is 0 Å². The largest absolute Gasteiger partial charge is 0.129 e. The highest BCUT2D eigenvalue weighted by Gasteiger charge is 2.07. The quantitative estimate of drug-likeness (QED) is 0.267. The molecule has 0 aliphatic carbocycles. The lowest BCUT2D eigenvalue weighted by Crippen LogP contribution is -1.85. The summed E-state index contributed by atoms with van der Waals surface area (Å²) in [5.74, 6) is 0. The summed E-state index contributed by atoms with van der Waals surface area (Å²) in [7, 11) is 0. The smallest absolute Gasteiger partial charge is 0.0148 e. The Morgan fingerprint density at radius 3 is 1.38 bits per heavy atom. The van der Waals surface area contributed by atoms with Gasteiger partial charge in [-0.3, -0.25) is 0 Å². The van der Waals surface area contributed by atoms with Crippen LogP contribution in [-0.4, -0.2) is 12.5 Å². The molecule has 0 fully saturated rings. The Hall–Kier alpha value is -2.16. The van der Waals surface area contributed by atoms with Crippen LogP contribution in [0.25, 0.3) is 33.7 Å². The van der Waals surface area contributed by atoms with Crippen LogP contribution in [-0.2, 0) is 0 Å². The van der Waals surface area contributed by atoms with E-state index in [-0.39, 0.29) is 0 Å². The minimum atomic E-state index is 1.29. The van der Waals surface area contributed by atoms with Crippen LogP contribution in [0.5, 0.6) is 0 Å². The van der Waals surface area contributed by atoms with Crippen molar-refractivity contribution in [1.82, 2.24) is 0 Å². The van der Waals surface area contributed by atoms with Gasteiger partial charge in [0.25, 0.3) is 0 Å². The van der Waals surface area contributed by atoms with Crippen molar-refractivity contribution in [2.45, 2.75) is 9.79 Å². The lowest BCUT2D eigenvalue weighted by molar-refractivity contribution is 1.46. The molecular weight excluding hydrogens is 352 g/mol. The molecular formula is C24H20S2. The topological polar surface area (TPSA) is 0 Å². The third-order valence-corrected chi connectivity index (χ3v) is 6.31. The van der Waals surface area contributed by atoms with Gasteiger partial charge in [0, 0.05) is 9.79 Å². The summed E-state index contributed by atoms with van der Waals surface area (Å²) in [4.78, 5) is 2.62. The fourth-order valence-corrected chi connectivity index (χ4v) is 4.62. The molecule has 4 aromatic carbocycles. The molecule has 2 heteroatoms. The summed E-state index contributed by atoms with van der Waals surface area (Å²) in [5.41, 5.74) is 2.60. The summed E-state index contributed by atoms with van der Waals surface area (Å²) in [6.45, 7) is 0. The highest BCUT2D eigenvalue weighted by atomic mass is 32.2. The van der Waals surface area contributed by atoms with Crippen LogP contribution in [0.1, 0.15) is 11.1 Å². The molecule has 0 atom stereocenters. The summed E-state index contributed by atoms with van der Waals surface area (Å²) >= 11 is 3.61. The number of hydrogen-bond acceptors (Lipinski definition) is 2. The minimum absolute atomic E-state index is 1.29. The molecule has 128 valence electrons. The predicted octanol–water partition coefficient (Wildman–Crippen LogP) is 7.61. The maximum atomic E-state index is 2.29. The van der Waals surface area contributed by atoms with E-state index in [4.69, 9.17) is 0 Å². The van der Waals surface area contributed by atoms with E-state index in [9.17, 15) is 0 Å². The molecule has 0 spiro atoms. The van der Waals surface area contributed by atoms with Crippen molar-refractivity contribution in [3.63, 3.8) is 0 Å². The molecule has 0 aliphatic heterocycles. The number of benzene rings is 4. The third kappa shape index (κ3) is 3.15. The van der Waals surface area contributed by atoms with Crippen LogP contribution in [0.15, 0.2) is 82.6 Å². The summed E-state index contributed by atoms with van der Waals surface area (Å²) < 4.78 is 0. The van der Waals surface area contributed by atoms with Crippen molar-refractivity contribution >= 4 is 57.2 Å². The minimum Gasteiger partial charge on any atom is -0.129 e. The second-order valence-corrected chi connectivity index (χ2v) is 7.83. The maximum Gasteiger partial charge on any atom is 0.0148 e. The van der Waals surface area contributed by atoms with E-state index in [2.05, 4.69) is 97.5 Å². The molecule has 0 heterocycles. The van der Waals surface area contributed by atoms with E-state index < -0.39 is 0 Å². The Labute approximate surface area is 163 Å². The highest BCUT2D eigenvalue weighted by Crippen LogP contribution is 2.33. The Kier molecular flexibility index (Phi) is 5.05. The summed E-state index contributed by atoms with van der Waals surface area (Å²) in [6.07, 6.45) is 8.87. The molecule has 0 nitrogen and oxygen atoms in total. The van der Waals surface area contributed by atoms with E-state index in [1.165, 1.54) is 42.5 Å². The molecule has 0 saturated carbocycles. The SMILES string of the molecule is CSc1ccc2ccccc2c1/C=C/c1c(SC)ccc2ccccc12. The molecule has 0 bridgehead atoms. The van der Waals surface area contributed by atoms with Crippen LogP contribution in [0.2, 0.25) is 0 Å². The van der Waals surface area contributed by atoms with Crippen molar-refractivity contribution < 1.29 is 0 Å². The van der Waals surface area contributed by atoms with Gasteiger partial charge < -0.3 is 0 Å². The molecule has 0 unspecified atom stereocenters. The van der Waals surface area contributed by atoms with Crippen LogP contribution < -0.4 is 0 Å². The highest BCUT2D eigenvalue weighted by molar-refractivity contribution is 7.99. The molecule has 0 saturated heterocycles. The molecule has 0 aromatic heterocycles. The lowest BCUT2D eigenvalue weighted by Gasteiger charge is -2.10. The van der Waals surface area contributed by atoms with Crippen LogP contribution in [0.3, 0.4) is 0 Å². The van der Waals surface area contributed by atoms with Gasteiger partial charge in [-0.1, -0.05) is 72.8 Å². The van der Waals surface area contributed by atoms with Gasteiger partial charge in [0.1, 0.15) is 0 Å². The van der Waals surface area contributed by atoms with Gasteiger partial charge in [0.05, 0.1) is 0 Å². The zero-order valence-corrected chi connectivity index (χ0v) is 16.5. The summed E-state index contributed by atoms with van der Waals surface area (Å²) in [6, 6.07) is 26.1. The first kappa shape index (κ1) is 17.3. The van der Waals surface area contributed by atoms with E-state index in [1.807, 2.05) is 0 Å². The van der Waals surface area contributed by atoms with Gasteiger partial charge in [0.15, 0.2) is 0 Å². The molecule has 0 radical (unpaired) electrons. The number of rotatable bonds is 4. The average Bonchev–Trinajstić information content (AvgIpc) is 2.71. The van der Waals surface area contributed by atoms with Gasteiger partial charge in [-0.25, -0.2) is 0 Å². The van der Waals surface area contributed by atoms with Gasteiger partial charge in [-0.15, -0.1) is 23.5 Å². The van der Waals surface area contributed by atoms with Gasteiger partial charge in [0.2, 0.25) is 0 Å². The van der Waals surface area contributed by atoms with Crippen LogP contribution in [0.4, 0.5) is 0 Å². The van der Waals surface area contributed by atoms with E-state index in [0.29, 0.717) is 0 Å². The zero-order chi connectivity index (χ0) is 17.9. The van der Waals surface area contributed by atoms with Gasteiger partial charge in [-0.2, -0.15) is 0 Å². The first-order chi connectivity index (χ1) is 12.8. The first-order valence-corrected chi connectivity index (χ1v) is 11.1. The zero-order valence-electron chi connectivity index (χ0n) is 14.9. The Morgan fingerprint density at radius 1 is 0.538 bits per heavy atom. The van der Waals surface area contributed by atoms with Crippen LogP contribution in [0, 0.1) is 0 Å². The Balaban J connectivity index is 1.92. The lowest BCUT2D eigenvalue weighted by atomic mass is 10.0. The third-order valence-electron chi connectivity index (χ3n) is 4.72. The Bertz CT molecular complexity index is 1020. The predicted molar refractivity (Wildman–Crippen MR) is 120 cm³/mol. The molecule has 0 amide bonds. The first-order valence-electron chi connectivity index (χ1n) is 8.61. The fraction of sp³-hybridized carbons (Fsp3) is 0.0833. The molecule has 0 N–H and O–H groups in total. The van der Waals surface area contributed by atoms with Crippen LogP contribution >= 0.6 is 23.5 Å². The van der Waals surface area contributed by atoms with Crippen molar-refractivity contribution in [2.75, 3.05) is 12.5 Å². The number of hydrogen-bond donors (Lipinski definition) is 0. The normalized spacial score (nSPS) is 11.6. The van der Waals surface area contributed by atoms with E-state index >= 15 is 0 Å². The Morgan fingerprint density at radius 2 is 0.962 bits per heavy atom. The number of thioether (sulfide) groups is 2. The van der Waals surface area contributed by atoms with Gasteiger partial charge >= 0.3 is 0 Å². The summed E-state index contributed by atoms with van der Waals surface area (Å²) in [5, 5.41) is 5.18. The molecule has 26 heavy (non-hydrogen) atoms. The van der Waals surface area contributed by atoms with Crippen molar-refractivity contribution in [2.24, 2.45) is 0 Å². The van der Waals surface area contributed by atoms with Crippen molar-refractivity contribution in [3.05, 3.63) is 83.9 Å². The fourth-order valence-electron chi connectivity index (χ4n) is 3.42. The molecule has 4 aromatic rings. The monoisotopic (exact) mass is 372 g/mol. The van der Waals surface area contributed by atoms with E-state index in [1.54, 1.807) is 23.5 Å². The molecule has 0 aliphatic rings. The number of fused-ring (bicyclic) bond motifs is 2. The average molecular weight is 373 g/mol. The molecule has 4 rings (SSSR count).